The van der Waals surface area contributed by atoms with Gasteiger partial charge in [0.2, 0.25) is 0 Å². The molecule has 0 aromatic carbocycles. The van der Waals surface area contributed by atoms with Crippen LogP contribution < -0.4 is 5.56 Å². The first kappa shape index (κ1) is 7.35. The monoisotopic (exact) mass is 157 g/mol. The van der Waals surface area contributed by atoms with Gasteiger partial charge in [0.25, 0.3) is 5.56 Å². The summed E-state index contributed by atoms with van der Waals surface area (Å²) in [6.45, 7) is 1.86. The van der Waals surface area contributed by atoms with E-state index in [4.69, 9.17) is 11.6 Å². The highest BCUT2D eigenvalue weighted by atomic mass is 35.5. The van der Waals surface area contributed by atoms with E-state index in [-0.39, 0.29) is 10.6 Å². The van der Waals surface area contributed by atoms with Gasteiger partial charge < -0.3 is 4.57 Å². The van der Waals surface area contributed by atoms with E-state index >= 15 is 0 Å². The Morgan fingerprint density at radius 3 is 2.60 bits per heavy atom. The lowest BCUT2D eigenvalue weighted by atomic mass is 10.4. The first-order chi connectivity index (χ1) is 4.63. The molecule has 54 valence electrons. The smallest absolute Gasteiger partial charge is 0.269 e. The van der Waals surface area contributed by atoms with Crippen LogP contribution >= 0.6 is 11.6 Å². The van der Waals surface area contributed by atoms with Crippen molar-refractivity contribution in [3.05, 3.63) is 33.2 Å². The van der Waals surface area contributed by atoms with E-state index in [9.17, 15) is 4.79 Å². The van der Waals surface area contributed by atoms with Crippen LogP contribution in [0.15, 0.2) is 16.9 Å². The van der Waals surface area contributed by atoms with Crippen molar-refractivity contribution < 1.29 is 0 Å². The summed E-state index contributed by atoms with van der Waals surface area (Å²) < 4.78 is 1.52. The van der Waals surface area contributed by atoms with E-state index in [0.717, 1.165) is 5.69 Å². The summed E-state index contributed by atoms with van der Waals surface area (Å²) in [5.41, 5.74) is 0.774. The van der Waals surface area contributed by atoms with E-state index < -0.39 is 0 Å². The number of hydrogen-bond acceptors (Lipinski definition) is 1. The van der Waals surface area contributed by atoms with Crippen LogP contribution in [0.2, 0.25) is 5.02 Å². The van der Waals surface area contributed by atoms with Crippen molar-refractivity contribution in [1.82, 2.24) is 4.57 Å². The van der Waals surface area contributed by atoms with Gasteiger partial charge in [-0.3, -0.25) is 4.79 Å². The minimum Gasteiger partial charge on any atom is -0.315 e. The zero-order valence-corrected chi connectivity index (χ0v) is 6.64. The minimum atomic E-state index is -0.137. The molecule has 1 heterocycles. The molecule has 2 nitrogen and oxygen atoms in total. The standard InChI is InChI=1S/C7H8ClNO/c1-5-3-4-6(8)7(10)9(5)2/h3-4H,1-2H3. The van der Waals surface area contributed by atoms with E-state index in [2.05, 4.69) is 0 Å². The van der Waals surface area contributed by atoms with Gasteiger partial charge in [-0.05, 0) is 19.1 Å². The molecule has 1 aromatic rings. The molecule has 0 spiro atoms. The molecule has 0 aliphatic carbocycles. The Kier molecular flexibility index (Phi) is 1.81. The molecule has 0 aliphatic heterocycles. The Balaban J connectivity index is 3.50. The average Bonchev–Trinajstić information content (AvgIpc) is 1.93. The second-order valence-electron chi connectivity index (χ2n) is 2.19. The first-order valence-corrected chi connectivity index (χ1v) is 3.33. The summed E-state index contributed by atoms with van der Waals surface area (Å²) in [7, 11) is 1.70. The van der Waals surface area contributed by atoms with Crippen LogP contribution in [0.1, 0.15) is 5.69 Å². The Hall–Kier alpha value is -0.760. The maximum atomic E-state index is 11.0. The third-order valence-corrected chi connectivity index (χ3v) is 1.80. The Morgan fingerprint density at radius 1 is 1.50 bits per heavy atom. The van der Waals surface area contributed by atoms with Crippen LogP contribution in [0.25, 0.3) is 0 Å². The average molecular weight is 158 g/mol. The molecule has 3 heteroatoms. The summed E-state index contributed by atoms with van der Waals surface area (Å²) in [6, 6.07) is 3.42. The van der Waals surface area contributed by atoms with Crippen molar-refractivity contribution in [3.8, 4) is 0 Å². The SMILES string of the molecule is Cc1ccc(Cl)c(=O)n1C. The van der Waals surface area contributed by atoms with Crippen molar-refractivity contribution in [2.45, 2.75) is 6.92 Å². The molecule has 0 saturated carbocycles. The summed E-state index contributed by atoms with van der Waals surface area (Å²) in [4.78, 5) is 11.0. The molecule has 0 unspecified atom stereocenters. The highest BCUT2D eigenvalue weighted by Gasteiger charge is 1.97. The highest BCUT2D eigenvalue weighted by molar-refractivity contribution is 6.30. The third-order valence-electron chi connectivity index (χ3n) is 1.51. The molecule has 0 bridgehead atoms. The molecule has 0 N–H and O–H groups in total. The maximum Gasteiger partial charge on any atom is 0.269 e. The van der Waals surface area contributed by atoms with Crippen molar-refractivity contribution in [2.24, 2.45) is 7.05 Å². The lowest BCUT2D eigenvalue weighted by molar-refractivity contribution is 0.819. The van der Waals surface area contributed by atoms with Gasteiger partial charge in [-0.2, -0.15) is 0 Å². The largest absolute Gasteiger partial charge is 0.315 e. The van der Waals surface area contributed by atoms with Gasteiger partial charge in [0.05, 0.1) is 0 Å². The summed E-state index contributed by atoms with van der Waals surface area (Å²) in [6.07, 6.45) is 0. The number of halogens is 1. The van der Waals surface area contributed by atoms with Crippen molar-refractivity contribution in [1.29, 1.82) is 0 Å². The van der Waals surface area contributed by atoms with Gasteiger partial charge in [0.1, 0.15) is 5.02 Å². The molecular formula is C7H8ClNO. The topological polar surface area (TPSA) is 22.0 Å². The lowest BCUT2D eigenvalue weighted by Gasteiger charge is -2.00. The number of nitrogens with zero attached hydrogens (tertiary/aromatic N) is 1. The van der Waals surface area contributed by atoms with Crippen LogP contribution in [0.5, 0.6) is 0 Å². The fourth-order valence-electron chi connectivity index (χ4n) is 0.697. The van der Waals surface area contributed by atoms with Gasteiger partial charge in [-0.15, -0.1) is 0 Å². The Morgan fingerprint density at radius 2 is 2.10 bits per heavy atom. The predicted molar refractivity (Wildman–Crippen MR) is 41.4 cm³/mol. The van der Waals surface area contributed by atoms with Gasteiger partial charge in [0, 0.05) is 12.7 Å². The third kappa shape index (κ3) is 1.07. The van der Waals surface area contributed by atoms with Crippen LogP contribution in [-0.2, 0) is 7.05 Å². The normalized spacial score (nSPS) is 9.90. The summed E-state index contributed by atoms with van der Waals surface area (Å²) in [5, 5.41) is 0.271. The van der Waals surface area contributed by atoms with E-state index in [0.29, 0.717) is 0 Å². The minimum absolute atomic E-state index is 0.137. The van der Waals surface area contributed by atoms with Crippen LogP contribution in [-0.4, -0.2) is 4.57 Å². The molecule has 0 aliphatic rings. The number of hydrogen-bond donors (Lipinski definition) is 0. The fourth-order valence-corrected chi connectivity index (χ4v) is 0.887. The van der Waals surface area contributed by atoms with Crippen LogP contribution in [0.4, 0.5) is 0 Å². The number of aromatic nitrogens is 1. The molecule has 1 rings (SSSR count). The molecule has 0 saturated heterocycles. The van der Waals surface area contributed by atoms with Gasteiger partial charge in [0.15, 0.2) is 0 Å². The Labute approximate surface area is 64.1 Å². The van der Waals surface area contributed by atoms with Crippen LogP contribution in [0.3, 0.4) is 0 Å². The molecule has 1 aromatic heterocycles. The van der Waals surface area contributed by atoms with Gasteiger partial charge in [-0.25, -0.2) is 0 Å². The first-order valence-electron chi connectivity index (χ1n) is 2.95. The molecular weight excluding hydrogens is 150 g/mol. The van der Waals surface area contributed by atoms with Crippen LogP contribution in [0, 0.1) is 6.92 Å². The van der Waals surface area contributed by atoms with Crippen molar-refractivity contribution in [2.75, 3.05) is 0 Å². The molecule has 0 amide bonds. The number of rotatable bonds is 0. The zero-order chi connectivity index (χ0) is 7.72. The van der Waals surface area contributed by atoms with E-state index in [1.165, 1.54) is 4.57 Å². The Bertz CT molecular complexity index is 303. The van der Waals surface area contributed by atoms with Gasteiger partial charge in [-0.1, -0.05) is 11.6 Å². The number of aryl methyl sites for hydroxylation is 1. The highest BCUT2D eigenvalue weighted by Crippen LogP contribution is 2.01. The molecule has 0 atom stereocenters. The van der Waals surface area contributed by atoms with E-state index in [1.54, 1.807) is 13.1 Å². The predicted octanol–water partition coefficient (Wildman–Crippen LogP) is 1.35. The fraction of sp³-hybridized carbons (Fsp3) is 0.286. The van der Waals surface area contributed by atoms with Crippen molar-refractivity contribution in [3.63, 3.8) is 0 Å². The lowest BCUT2D eigenvalue weighted by Crippen LogP contribution is -2.18. The zero-order valence-electron chi connectivity index (χ0n) is 5.89. The summed E-state index contributed by atoms with van der Waals surface area (Å²) >= 11 is 5.55. The second kappa shape index (κ2) is 2.46. The van der Waals surface area contributed by atoms with Gasteiger partial charge >= 0.3 is 0 Å². The van der Waals surface area contributed by atoms with Crippen molar-refractivity contribution >= 4 is 11.6 Å². The molecule has 10 heavy (non-hydrogen) atoms. The number of pyridine rings is 1. The van der Waals surface area contributed by atoms with E-state index in [1.807, 2.05) is 13.0 Å². The second-order valence-corrected chi connectivity index (χ2v) is 2.59. The molecule has 0 radical (unpaired) electrons. The molecule has 0 fully saturated rings. The summed E-state index contributed by atoms with van der Waals surface area (Å²) in [5.74, 6) is 0. The maximum absolute atomic E-state index is 11.0. The quantitative estimate of drug-likeness (QED) is 0.557.